The summed E-state index contributed by atoms with van der Waals surface area (Å²) in [7, 11) is 0. The Hall–Kier alpha value is -2.33. The zero-order chi connectivity index (χ0) is 17.2. The van der Waals surface area contributed by atoms with Gasteiger partial charge in [0.25, 0.3) is 0 Å². The summed E-state index contributed by atoms with van der Waals surface area (Å²) in [5, 5.41) is 3.13. The minimum absolute atomic E-state index is 0.462. The first kappa shape index (κ1) is 18.0. The molecule has 0 aliphatic carbocycles. The van der Waals surface area contributed by atoms with Crippen LogP contribution in [0.5, 0.6) is 0 Å². The SMILES string of the molecule is Cc1ccc(NC(N)=NCCCCOCc2ccccc2)cc1C. The lowest BCUT2D eigenvalue weighted by atomic mass is 10.1. The zero-order valence-electron chi connectivity index (χ0n) is 14.6. The van der Waals surface area contributed by atoms with Gasteiger partial charge < -0.3 is 15.8 Å². The summed E-state index contributed by atoms with van der Waals surface area (Å²) in [6.45, 7) is 6.30. The fourth-order valence-corrected chi connectivity index (χ4v) is 2.29. The second kappa shape index (κ2) is 9.73. The summed E-state index contributed by atoms with van der Waals surface area (Å²) >= 11 is 0. The van der Waals surface area contributed by atoms with Crippen molar-refractivity contribution in [3.05, 3.63) is 65.2 Å². The van der Waals surface area contributed by atoms with Crippen LogP contribution in [0.1, 0.15) is 29.5 Å². The number of benzene rings is 2. The maximum atomic E-state index is 5.92. The Morgan fingerprint density at radius 1 is 1.04 bits per heavy atom. The maximum Gasteiger partial charge on any atom is 0.193 e. The number of aliphatic imine (C=N–C) groups is 1. The van der Waals surface area contributed by atoms with Crippen LogP contribution in [0.2, 0.25) is 0 Å². The van der Waals surface area contributed by atoms with E-state index in [0.29, 0.717) is 19.1 Å². The van der Waals surface area contributed by atoms with E-state index in [1.807, 2.05) is 24.3 Å². The maximum absolute atomic E-state index is 5.92. The van der Waals surface area contributed by atoms with Crippen LogP contribution in [0.3, 0.4) is 0 Å². The van der Waals surface area contributed by atoms with Gasteiger partial charge in [0.2, 0.25) is 0 Å². The van der Waals surface area contributed by atoms with Crippen molar-refractivity contribution >= 4 is 11.6 Å². The van der Waals surface area contributed by atoms with E-state index in [1.165, 1.54) is 16.7 Å². The fourth-order valence-electron chi connectivity index (χ4n) is 2.29. The number of ether oxygens (including phenoxy) is 1. The molecular weight excluding hydrogens is 298 g/mol. The third-order valence-corrected chi connectivity index (χ3v) is 3.87. The minimum Gasteiger partial charge on any atom is -0.377 e. The van der Waals surface area contributed by atoms with Crippen molar-refractivity contribution in [2.75, 3.05) is 18.5 Å². The molecule has 0 aromatic heterocycles. The first-order valence-electron chi connectivity index (χ1n) is 8.41. The van der Waals surface area contributed by atoms with Gasteiger partial charge in [0, 0.05) is 18.8 Å². The molecule has 2 aromatic rings. The number of anilines is 1. The van der Waals surface area contributed by atoms with Crippen molar-refractivity contribution in [2.45, 2.75) is 33.3 Å². The summed E-state index contributed by atoms with van der Waals surface area (Å²) in [5.41, 5.74) is 10.6. The van der Waals surface area contributed by atoms with Gasteiger partial charge in [-0.25, -0.2) is 0 Å². The molecule has 0 saturated carbocycles. The largest absolute Gasteiger partial charge is 0.377 e. The van der Waals surface area contributed by atoms with E-state index in [-0.39, 0.29) is 0 Å². The molecule has 0 unspecified atom stereocenters. The lowest BCUT2D eigenvalue weighted by Crippen LogP contribution is -2.23. The molecule has 4 heteroatoms. The minimum atomic E-state index is 0.462. The van der Waals surface area contributed by atoms with Gasteiger partial charge in [0.1, 0.15) is 0 Å². The summed E-state index contributed by atoms with van der Waals surface area (Å²) in [6.07, 6.45) is 1.94. The van der Waals surface area contributed by atoms with Crippen LogP contribution >= 0.6 is 0 Å². The van der Waals surface area contributed by atoms with Gasteiger partial charge in [-0.15, -0.1) is 0 Å². The second-order valence-corrected chi connectivity index (χ2v) is 5.94. The van der Waals surface area contributed by atoms with Gasteiger partial charge >= 0.3 is 0 Å². The molecule has 0 aliphatic rings. The summed E-state index contributed by atoms with van der Waals surface area (Å²) in [5.74, 6) is 0.462. The molecule has 0 fully saturated rings. The molecule has 0 amide bonds. The molecular formula is C20H27N3O. The van der Waals surface area contributed by atoms with E-state index in [2.05, 4.69) is 48.4 Å². The quantitative estimate of drug-likeness (QED) is 0.438. The van der Waals surface area contributed by atoms with Gasteiger partial charge in [-0.2, -0.15) is 0 Å². The Kier molecular flexibility index (Phi) is 7.30. The van der Waals surface area contributed by atoms with Gasteiger partial charge in [-0.3, -0.25) is 4.99 Å². The van der Waals surface area contributed by atoms with Crippen molar-refractivity contribution in [2.24, 2.45) is 10.7 Å². The van der Waals surface area contributed by atoms with Crippen LogP contribution < -0.4 is 11.1 Å². The molecule has 0 bridgehead atoms. The number of nitrogens with two attached hydrogens (primary N) is 1. The van der Waals surface area contributed by atoms with E-state index in [0.717, 1.165) is 25.1 Å². The molecule has 0 heterocycles. The smallest absolute Gasteiger partial charge is 0.193 e. The average Bonchev–Trinajstić information content (AvgIpc) is 2.58. The van der Waals surface area contributed by atoms with Gasteiger partial charge in [0.15, 0.2) is 5.96 Å². The Morgan fingerprint density at radius 3 is 2.58 bits per heavy atom. The topological polar surface area (TPSA) is 59.6 Å². The third kappa shape index (κ3) is 6.42. The van der Waals surface area contributed by atoms with Crippen LogP contribution in [0.25, 0.3) is 0 Å². The van der Waals surface area contributed by atoms with E-state index in [1.54, 1.807) is 0 Å². The number of nitrogens with one attached hydrogen (secondary N) is 1. The van der Waals surface area contributed by atoms with Crippen molar-refractivity contribution in [1.82, 2.24) is 0 Å². The Bertz CT molecular complexity index is 653. The first-order chi connectivity index (χ1) is 11.6. The number of guanidine groups is 1. The Morgan fingerprint density at radius 2 is 1.83 bits per heavy atom. The van der Waals surface area contributed by atoms with Crippen LogP contribution in [0, 0.1) is 13.8 Å². The van der Waals surface area contributed by atoms with Crippen LogP contribution in [0.4, 0.5) is 5.69 Å². The van der Waals surface area contributed by atoms with Crippen molar-refractivity contribution < 1.29 is 4.74 Å². The van der Waals surface area contributed by atoms with Crippen molar-refractivity contribution in [1.29, 1.82) is 0 Å². The van der Waals surface area contributed by atoms with E-state index < -0.39 is 0 Å². The molecule has 0 spiro atoms. The number of unbranched alkanes of at least 4 members (excludes halogenated alkanes) is 1. The molecule has 0 radical (unpaired) electrons. The molecule has 0 atom stereocenters. The monoisotopic (exact) mass is 325 g/mol. The van der Waals surface area contributed by atoms with Crippen molar-refractivity contribution in [3.63, 3.8) is 0 Å². The molecule has 3 N–H and O–H groups in total. The molecule has 24 heavy (non-hydrogen) atoms. The van der Waals surface area contributed by atoms with Crippen LogP contribution in [-0.4, -0.2) is 19.1 Å². The Balaban J connectivity index is 1.60. The zero-order valence-corrected chi connectivity index (χ0v) is 14.6. The number of nitrogens with zero attached hydrogens (tertiary/aromatic N) is 1. The number of aryl methyl sites for hydroxylation is 2. The van der Waals surface area contributed by atoms with Gasteiger partial charge in [-0.1, -0.05) is 36.4 Å². The predicted molar refractivity (Wildman–Crippen MR) is 101 cm³/mol. The summed E-state index contributed by atoms with van der Waals surface area (Å²) in [6, 6.07) is 16.4. The first-order valence-corrected chi connectivity index (χ1v) is 8.41. The van der Waals surface area contributed by atoms with Crippen LogP contribution in [0.15, 0.2) is 53.5 Å². The standard InChI is InChI=1S/C20H27N3O/c1-16-10-11-19(14-17(16)2)23-20(21)22-12-6-7-13-24-15-18-8-4-3-5-9-18/h3-5,8-11,14H,6-7,12-13,15H2,1-2H3,(H3,21,22,23). The Labute approximate surface area is 144 Å². The predicted octanol–water partition coefficient (Wildman–Crippen LogP) is 4.03. The molecule has 128 valence electrons. The second-order valence-electron chi connectivity index (χ2n) is 5.94. The average molecular weight is 325 g/mol. The highest BCUT2D eigenvalue weighted by Crippen LogP contribution is 2.13. The number of rotatable bonds is 8. The van der Waals surface area contributed by atoms with Gasteiger partial charge in [0.05, 0.1) is 6.61 Å². The van der Waals surface area contributed by atoms with Crippen LogP contribution in [-0.2, 0) is 11.3 Å². The highest BCUT2D eigenvalue weighted by molar-refractivity contribution is 5.92. The molecule has 0 aliphatic heterocycles. The normalized spacial score (nSPS) is 11.5. The lowest BCUT2D eigenvalue weighted by Gasteiger charge is -2.08. The number of hydrogen-bond donors (Lipinski definition) is 2. The molecule has 0 saturated heterocycles. The highest BCUT2D eigenvalue weighted by Gasteiger charge is 1.98. The number of hydrogen-bond acceptors (Lipinski definition) is 2. The molecule has 2 aromatic carbocycles. The van der Waals surface area contributed by atoms with Crippen molar-refractivity contribution in [3.8, 4) is 0 Å². The summed E-state index contributed by atoms with van der Waals surface area (Å²) < 4.78 is 5.65. The fraction of sp³-hybridized carbons (Fsp3) is 0.350. The molecule has 2 rings (SSSR count). The van der Waals surface area contributed by atoms with E-state index in [4.69, 9.17) is 10.5 Å². The molecule has 4 nitrogen and oxygen atoms in total. The van der Waals surface area contributed by atoms with E-state index >= 15 is 0 Å². The van der Waals surface area contributed by atoms with E-state index in [9.17, 15) is 0 Å². The lowest BCUT2D eigenvalue weighted by molar-refractivity contribution is 0.117. The van der Waals surface area contributed by atoms with Gasteiger partial charge in [-0.05, 0) is 55.5 Å². The third-order valence-electron chi connectivity index (χ3n) is 3.87. The summed E-state index contributed by atoms with van der Waals surface area (Å²) in [4.78, 5) is 4.36. The highest BCUT2D eigenvalue weighted by atomic mass is 16.5.